The minimum absolute atomic E-state index is 0.0264. The highest BCUT2D eigenvalue weighted by atomic mass is 19.1. The number of hydrazine groups is 1. The van der Waals surface area contributed by atoms with Gasteiger partial charge in [0, 0.05) is 55.5 Å². The maximum absolute atomic E-state index is 14.7. The summed E-state index contributed by atoms with van der Waals surface area (Å²) >= 11 is 0. The number of aromatic amines is 1. The summed E-state index contributed by atoms with van der Waals surface area (Å²) in [6, 6.07) is 9.74. The molecule has 4 unspecified atom stereocenters. The van der Waals surface area contributed by atoms with Crippen LogP contribution in [0.1, 0.15) is 55.1 Å². The Kier molecular flexibility index (Phi) is 8.25. The highest BCUT2D eigenvalue weighted by Gasteiger charge is 2.42. The van der Waals surface area contributed by atoms with E-state index in [1.165, 1.54) is 17.2 Å². The Morgan fingerprint density at radius 2 is 2.00 bits per heavy atom. The van der Waals surface area contributed by atoms with E-state index in [0.29, 0.717) is 23.5 Å². The number of likely N-dealkylation sites (N-methyl/N-ethyl adjacent to an activating group) is 1. The maximum Gasteiger partial charge on any atom is 0.178 e. The molecule has 1 saturated carbocycles. The number of imidazole rings is 1. The predicted octanol–water partition coefficient (Wildman–Crippen LogP) is 4.34. The largest absolute Gasteiger partial charge is 0.384 e. The summed E-state index contributed by atoms with van der Waals surface area (Å²) in [4.78, 5) is 19.7. The van der Waals surface area contributed by atoms with Crippen LogP contribution >= 0.6 is 0 Å². The molecule has 6 rings (SSSR count). The summed E-state index contributed by atoms with van der Waals surface area (Å²) in [7, 11) is 4.04. The number of halogens is 1. The van der Waals surface area contributed by atoms with Gasteiger partial charge in [-0.1, -0.05) is 13.0 Å². The van der Waals surface area contributed by atoms with Gasteiger partial charge in [0.2, 0.25) is 0 Å². The smallest absolute Gasteiger partial charge is 0.178 e. The molecule has 5 N–H and O–H groups in total. The van der Waals surface area contributed by atoms with Crippen molar-refractivity contribution in [2.45, 2.75) is 50.7 Å². The van der Waals surface area contributed by atoms with Gasteiger partial charge in [-0.3, -0.25) is 10.4 Å². The van der Waals surface area contributed by atoms with Gasteiger partial charge in [-0.15, -0.1) is 0 Å². The Morgan fingerprint density at radius 3 is 2.85 bits per heavy atom. The average molecular weight is 558 g/mol. The molecule has 0 amide bonds. The van der Waals surface area contributed by atoms with Crippen LogP contribution in [0.3, 0.4) is 0 Å². The van der Waals surface area contributed by atoms with Crippen LogP contribution in [-0.4, -0.2) is 64.6 Å². The van der Waals surface area contributed by atoms with Gasteiger partial charge in [0.25, 0.3) is 0 Å². The summed E-state index contributed by atoms with van der Waals surface area (Å²) in [5, 5.41) is 6.74. The second kappa shape index (κ2) is 12.2. The summed E-state index contributed by atoms with van der Waals surface area (Å²) in [5.74, 6) is 1.41. The summed E-state index contributed by atoms with van der Waals surface area (Å²) in [6.45, 7) is 5.50. The SMILES string of the molecule is CCNCc1cncc(C2CCC3NNC(c4nc5nccc(-c6cc(F)cc(NCCN(C)C)c6)c5[nH]4)C3C2)c1. The fraction of sp³-hybridized carbons (Fsp3) is 0.452. The topological polar surface area (TPSA) is 106 Å². The van der Waals surface area contributed by atoms with Gasteiger partial charge in [-0.05, 0) is 92.7 Å². The fourth-order valence-corrected chi connectivity index (χ4v) is 6.32. The summed E-state index contributed by atoms with van der Waals surface area (Å²) in [6.07, 6.45) is 9.01. The zero-order valence-corrected chi connectivity index (χ0v) is 24.0. The zero-order chi connectivity index (χ0) is 28.3. The Bertz CT molecular complexity index is 1490. The number of nitrogens with one attached hydrogen (secondary N) is 5. The number of H-pyrrole nitrogens is 1. The van der Waals surface area contributed by atoms with E-state index in [1.807, 2.05) is 38.6 Å². The second-order valence-electron chi connectivity index (χ2n) is 11.6. The lowest BCUT2D eigenvalue weighted by Crippen LogP contribution is -2.34. The molecule has 216 valence electrons. The zero-order valence-electron chi connectivity index (χ0n) is 24.0. The molecule has 1 aromatic carbocycles. The molecule has 1 saturated heterocycles. The van der Waals surface area contributed by atoms with Crippen LogP contribution in [-0.2, 0) is 6.54 Å². The van der Waals surface area contributed by atoms with E-state index in [-0.39, 0.29) is 11.9 Å². The van der Waals surface area contributed by atoms with Crippen molar-refractivity contribution in [3.05, 3.63) is 71.7 Å². The van der Waals surface area contributed by atoms with Crippen LogP contribution in [0.5, 0.6) is 0 Å². The van der Waals surface area contributed by atoms with Crippen LogP contribution in [0.2, 0.25) is 0 Å². The van der Waals surface area contributed by atoms with Crippen molar-refractivity contribution in [3.8, 4) is 11.1 Å². The standard InChI is InChI=1S/C31H40FN9/c1-4-33-16-19-11-22(18-34-17-19)20-5-6-27-26(14-20)29(40-39-27)31-37-28-25(7-8-36-30(28)38-31)21-12-23(32)15-24(13-21)35-9-10-41(2)3/h7-8,11-13,15,17-18,20,26-27,29,33,35,39-40H,4-6,9-10,14,16H2,1-3H3,(H,36,37,38). The van der Waals surface area contributed by atoms with Crippen molar-refractivity contribution in [2.75, 3.05) is 39.0 Å². The first-order valence-corrected chi connectivity index (χ1v) is 14.7. The highest BCUT2D eigenvalue weighted by Crippen LogP contribution is 2.44. The first kappa shape index (κ1) is 27.7. The van der Waals surface area contributed by atoms with E-state index in [2.05, 4.69) is 54.3 Å². The molecule has 4 heterocycles. The van der Waals surface area contributed by atoms with Gasteiger partial charge in [0.1, 0.15) is 11.6 Å². The van der Waals surface area contributed by atoms with Crippen LogP contribution in [0.25, 0.3) is 22.3 Å². The number of fused-ring (bicyclic) bond motifs is 2. The average Bonchev–Trinajstić information content (AvgIpc) is 3.59. The third-order valence-corrected chi connectivity index (χ3v) is 8.42. The van der Waals surface area contributed by atoms with Crippen molar-refractivity contribution in [2.24, 2.45) is 5.92 Å². The Balaban J connectivity index is 1.25. The van der Waals surface area contributed by atoms with E-state index in [0.717, 1.165) is 73.6 Å². The van der Waals surface area contributed by atoms with Gasteiger partial charge in [0.15, 0.2) is 5.65 Å². The fourth-order valence-electron chi connectivity index (χ4n) is 6.32. The lowest BCUT2D eigenvalue weighted by molar-refractivity contribution is 0.274. The third kappa shape index (κ3) is 6.11. The van der Waals surface area contributed by atoms with Crippen LogP contribution in [0, 0.1) is 11.7 Å². The first-order chi connectivity index (χ1) is 20.0. The number of anilines is 1. The van der Waals surface area contributed by atoms with Crippen LogP contribution < -0.4 is 21.5 Å². The minimum atomic E-state index is -0.277. The van der Waals surface area contributed by atoms with Gasteiger partial charge in [-0.2, -0.15) is 0 Å². The Labute approximate surface area is 240 Å². The minimum Gasteiger partial charge on any atom is -0.384 e. The highest BCUT2D eigenvalue weighted by molar-refractivity contribution is 5.90. The lowest BCUT2D eigenvalue weighted by atomic mass is 9.73. The lowest BCUT2D eigenvalue weighted by Gasteiger charge is -2.33. The Morgan fingerprint density at radius 1 is 1.10 bits per heavy atom. The van der Waals surface area contributed by atoms with Gasteiger partial charge in [0.05, 0.1) is 11.6 Å². The quantitative estimate of drug-likeness (QED) is 0.196. The van der Waals surface area contributed by atoms with Gasteiger partial charge < -0.3 is 20.5 Å². The Hall–Kier alpha value is -3.44. The van der Waals surface area contributed by atoms with Gasteiger partial charge in [-0.25, -0.2) is 19.8 Å². The molecule has 0 bridgehead atoms. The molecule has 9 nitrogen and oxygen atoms in total. The van der Waals surface area contributed by atoms with Crippen molar-refractivity contribution < 1.29 is 4.39 Å². The molecule has 3 aromatic heterocycles. The normalized spacial score (nSPS) is 22.4. The first-order valence-electron chi connectivity index (χ1n) is 14.7. The summed E-state index contributed by atoms with van der Waals surface area (Å²) in [5.41, 5.74) is 13.5. The molecular weight excluding hydrogens is 517 g/mol. The van der Waals surface area contributed by atoms with E-state index >= 15 is 0 Å². The molecule has 1 aliphatic heterocycles. The maximum atomic E-state index is 14.7. The molecule has 4 atom stereocenters. The number of aromatic nitrogens is 4. The van der Waals surface area contributed by atoms with Crippen LogP contribution in [0.15, 0.2) is 48.9 Å². The molecule has 0 spiro atoms. The van der Waals surface area contributed by atoms with Crippen molar-refractivity contribution in [1.82, 2.24) is 41.0 Å². The third-order valence-electron chi connectivity index (χ3n) is 8.42. The molecule has 4 aromatic rings. The number of nitrogens with zero attached hydrogens (tertiary/aromatic N) is 4. The molecule has 1 aliphatic carbocycles. The molecular formula is C31H40FN9. The number of hydrogen-bond donors (Lipinski definition) is 5. The summed E-state index contributed by atoms with van der Waals surface area (Å²) < 4.78 is 14.7. The molecule has 10 heteroatoms. The van der Waals surface area contributed by atoms with Crippen molar-refractivity contribution in [1.29, 1.82) is 0 Å². The molecule has 2 aliphatic rings. The number of pyridine rings is 2. The monoisotopic (exact) mass is 557 g/mol. The molecule has 41 heavy (non-hydrogen) atoms. The van der Waals surface area contributed by atoms with Crippen molar-refractivity contribution >= 4 is 16.9 Å². The van der Waals surface area contributed by atoms with Crippen LogP contribution in [0.4, 0.5) is 10.1 Å². The number of hydrogen-bond acceptors (Lipinski definition) is 8. The van der Waals surface area contributed by atoms with E-state index in [9.17, 15) is 4.39 Å². The second-order valence-corrected chi connectivity index (χ2v) is 11.6. The van der Waals surface area contributed by atoms with Crippen molar-refractivity contribution in [3.63, 3.8) is 0 Å². The van der Waals surface area contributed by atoms with E-state index in [4.69, 9.17) is 4.98 Å². The van der Waals surface area contributed by atoms with E-state index < -0.39 is 0 Å². The van der Waals surface area contributed by atoms with E-state index in [1.54, 1.807) is 12.3 Å². The molecule has 0 radical (unpaired) electrons. The number of rotatable bonds is 10. The van der Waals surface area contributed by atoms with Gasteiger partial charge >= 0.3 is 0 Å². The number of benzene rings is 1. The molecule has 2 fully saturated rings. The predicted molar refractivity (Wildman–Crippen MR) is 161 cm³/mol.